The molecule has 0 amide bonds. The van der Waals surface area contributed by atoms with Crippen LogP contribution in [0.15, 0.2) is 41.3 Å². The monoisotopic (exact) mass is 357 g/mol. The van der Waals surface area contributed by atoms with Crippen LogP contribution >= 0.6 is 0 Å². The lowest BCUT2D eigenvalue weighted by molar-refractivity contribution is -0.0514. The summed E-state index contributed by atoms with van der Waals surface area (Å²) < 4.78 is 12.3. The van der Waals surface area contributed by atoms with E-state index >= 15 is 0 Å². The Kier molecular flexibility index (Phi) is 4.63. The molecular weight excluding hydrogens is 334 g/mol. The number of methoxy groups -OCH3 is 1. The second-order valence-corrected chi connectivity index (χ2v) is 6.93. The van der Waals surface area contributed by atoms with Gasteiger partial charge in [-0.15, -0.1) is 0 Å². The summed E-state index contributed by atoms with van der Waals surface area (Å²) in [6, 6.07) is 8.44. The summed E-state index contributed by atoms with van der Waals surface area (Å²) in [4.78, 5) is 24.8. The first kappa shape index (κ1) is 18.2. The highest BCUT2D eigenvalue weighted by Gasteiger charge is 2.44. The third-order valence-corrected chi connectivity index (χ3v) is 4.89. The average Bonchev–Trinajstić information content (AvgIpc) is 2.62. The number of hydrogen-bond donors (Lipinski definition) is 1. The fourth-order valence-corrected chi connectivity index (χ4v) is 3.42. The van der Waals surface area contributed by atoms with Gasteiger partial charge < -0.3 is 19.1 Å². The van der Waals surface area contributed by atoms with Crippen LogP contribution in [0.4, 0.5) is 0 Å². The number of ether oxygens (including phenoxy) is 2. The van der Waals surface area contributed by atoms with E-state index in [4.69, 9.17) is 9.47 Å². The minimum atomic E-state index is -0.955. The maximum atomic E-state index is 12.9. The molecule has 0 saturated carbocycles. The fraction of sp³-hybridized carbons (Fsp3) is 0.400. The number of aryl methyl sites for hydroxylation is 1. The molecule has 6 heteroatoms. The summed E-state index contributed by atoms with van der Waals surface area (Å²) >= 11 is 0. The van der Waals surface area contributed by atoms with Crippen molar-refractivity contribution in [3.05, 3.63) is 63.6 Å². The van der Waals surface area contributed by atoms with Crippen LogP contribution in [0.1, 0.15) is 48.2 Å². The van der Waals surface area contributed by atoms with Crippen molar-refractivity contribution in [1.82, 2.24) is 4.57 Å². The Morgan fingerprint density at radius 3 is 2.69 bits per heavy atom. The van der Waals surface area contributed by atoms with E-state index in [-0.39, 0.29) is 5.56 Å². The Bertz CT molecular complexity index is 899. The number of aliphatic hydroxyl groups excluding tert-OH is 1. The molecule has 6 nitrogen and oxygen atoms in total. The summed E-state index contributed by atoms with van der Waals surface area (Å²) in [5.41, 5.74) is 0.376. The van der Waals surface area contributed by atoms with Crippen LogP contribution in [0.25, 0.3) is 0 Å². The Hall–Kier alpha value is -2.60. The van der Waals surface area contributed by atoms with Crippen LogP contribution in [0.3, 0.4) is 0 Å². The number of pyridine rings is 1. The summed E-state index contributed by atoms with van der Waals surface area (Å²) in [6.45, 7) is 5.98. The van der Waals surface area contributed by atoms with Gasteiger partial charge in [-0.2, -0.15) is 0 Å². The minimum absolute atomic E-state index is 0.161. The van der Waals surface area contributed by atoms with Crippen molar-refractivity contribution < 1.29 is 19.4 Å². The summed E-state index contributed by atoms with van der Waals surface area (Å²) in [7, 11) is 1.31. The average molecular weight is 357 g/mol. The first-order valence-corrected chi connectivity index (χ1v) is 8.58. The van der Waals surface area contributed by atoms with Gasteiger partial charge in [0.1, 0.15) is 17.5 Å². The summed E-state index contributed by atoms with van der Waals surface area (Å²) in [5, 5.41) is 11.0. The van der Waals surface area contributed by atoms with E-state index in [1.54, 1.807) is 54.9 Å². The molecule has 2 aromatic rings. The van der Waals surface area contributed by atoms with E-state index in [1.165, 1.54) is 7.11 Å². The second kappa shape index (κ2) is 6.61. The van der Waals surface area contributed by atoms with Crippen LogP contribution in [-0.4, -0.2) is 34.5 Å². The highest BCUT2D eigenvalue weighted by Crippen LogP contribution is 2.44. The maximum Gasteiger partial charge on any atom is 0.337 e. The molecule has 1 aliphatic heterocycles. The molecule has 1 N–H and O–H groups in total. The van der Waals surface area contributed by atoms with Crippen LogP contribution in [0, 0.1) is 0 Å². The highest BCUT2D eigenvalue weighted by molar-refractivity contribution is 5.90. The van der Waals surface area contributed by atoms with Crippen molar-refractivity contribution in [3.63, 3.8) is 0 Å². The summed E-state index contributed by atoms with van der Waals surface area (Å²) in [6.07, 6.45) is 0.761. The van der Waals surface area contributed by atoms with Crippen molar-refractivity contribution in [3.8, 4) is 5.75 Å². The molecule has 1 aromatic carbocycles. The minimum Gasteiger partial charge on any atom is -0.485 e. The number of carbonyl (C=O) groups excluding carboxylic acids is 1. The third kappa shape index (κ3) is 2.90. The van der Waals surface area contributed by atoms with Crippen LogP contribution in [0.2, 0.25) is 0 Å². The molecule has 138 valence electrons. The standard InChI is InChI=1S/C20H23NO5/c1-5-21-10-6-7-13(18(21)23)16-14-11-12(19(24)25-4)8-9-15(14)26-20(2,3)17(16)22/h6-11,16-17,22H,5H2,1-4H3. The number of rotatable bonds is 3. The van der Waals surface area contributed by atoms with Gasteiger partial charge in [0.2, 0.25) is 0 Å². The van der Waals surface area contributed by atoms with E-state index in [0.29, 0.717) is 29.0 Å². The second-order valence-electron chi connectivity index (χ2n) is 6.93. The largest absolute Gasteiger partial charge is 0.485 e. The SMILES string of the molecule is CCn1cccc(C2c3cc(C(=O)OC)ccc3OC(C)(C)C2O)c1=O. The van der Waals surface area contributed by atoms with Crippen molar-refractivity contribution >= 4 is 5.97 Å². The predicted octanol–water partition coefficient (Wildman–Crippen LogP) is 2.32. The number of aliphatic hydroxyl groups is 1. The molecule has 2 unspecified atom stereocenters. The molecule has 1 aromatic heterocycles. The Morgan fingerprint density at radius 2 is 2.04 bits per heavy atom. The lowest BCUT2D eigenvalue weighted by atomic mass is 9.77. The number of hydrogen-bond acceptors (Lipinski definition) is 5. The van der Waals surface area contributed by atoms with Gasteiger partial charge in [0.15, 0.2) is 0 Å². The number of aromatic nitrogens is 1. The van der Waals surface area contributed by atoms with E-state index in [0.717, 1.165) is 0 Å². The molecule has 26 heavy (non-hydrogen) atoms. The molecule has 0 bridgehead atoms. The molecule has 3 rings (SSSR count). The van der Waals surface area contributed by atoms with Gasteiger partial charge in [0, 0.05) is 29.8 Å². The van der Waals surface area contributed by atoms with Crippen molar-refractivity contribution in [1.29, 1.82) is 0 Å². The fourth-order valence-electron chi connectivity index (χ4n) is 3.42. The van der Waals surface area contributed by atoms with E-state index in [1.807, 2.05) is 6.92 Å². The van der Waals surface area contributed by atoms with Crippen LogP contribution < -0.4 is 10.3 Å². The normalized spacial score (nSPS) is 20.8. The first-order valence-electron chi connectivity index (χ1n) is 8.58. The Balaban J connectivity index is 2.24. The zero-order chi connectivity index (χ0) is 19.1. The molecule has 2 heterocycles. The number of carbonyl (C=O) groups is 1. The van der Waals surface area contributed by atoms with Gasteiger partial charge in [0.25, 0.3) is 5.56 Å². The van der Waals surface area contributed by atoms with Gasteiger partial charge in [-0.05, 0) is 45.0 Å². The number of esters is 1. The Morgan fingerprint density at radius 1 is 1.31 bits per heavy atom. The number of benzene rings is 1. The number of fused-ring (bicyclic) bond motifs is 1. The van der Waals surface area contributed by atoms with Crippen LogP contribution in [0.5, 0.6) is 5.75 Å². The van der Waals surface area contributed by atoms with Crippen molar-refractivity contribution in [2.45, 2.75) is 44.9 Å². The number of nitrogens with zero attached hydrogens (tertiary/aromatic N) is 1. The molecule has 1 aliphatic rings. The van der Waals surface area contributed by atoms with Crippen molar-refractivity contribution in [2.75, 3.05) is 7.11 Å². The zero-order valence-electron chi connectivity index (χ0n) is 15.4. The maximum absolute atomic E-state index is 12.9. The molecule has 0 aliphatic carbocycles. The third-order valence-electron chi connectivity index (χ3n) is 4.89. The van der Waals surface area contributed by atoms with Gasteiger partial charge in [-0.1, -0.05) is 6.07 Å². The molecular formula is C20H23NO5. The van der Waals surface area contributed by atoms with E-state index < -0.39 is 23.6 Å². The predicted molar refractivity (Wildman–Crippen MR) is 96.7 cm³/mol. The van der Waals surface area contributed by atoms with Crippen LogP contribution in [-0.2, 0) is 11.3 Å². The quantitative estimate of drug-likeness (QED) is 0.853. The smallest absolute Gasteiger partial charge is 0.337 e. The molecule has 0 spiro atoms. The zero-order valence-corrected chi connectivity index (χ0v) is 15.4. The van der Waals surface area contributed by atoms with E-state index in [9.17, 15) is 14.7 Å². The van der Waals surface area contributed by atoms with E-state index in [2.05, 4.69) is 0 Å². The first-order chi connectivity index (χ1) is 12.3. The van der Waals surface area contributed by atoms with Gasteiger partial charge in [0.05, 0.1) is 12.7 Å². The highest BCUT2D eigenvalue weighted by atomic mass is 16.5. The van der Waals surface area contributed by atoms with Gasteiger partial charge in [-0.25, -0.2) is 4.79 Å². The molecule has 0 radical (unpaired) electrons. The lowest BCUT2D eigenvalue weighted by Crippen LogP contribution is -2.50. The molecule has 0 fully saturated rings. The Labute approximate surface area is 152 Å². The molecule has 0 saturated heterocycles. The van der Waals surface area contributed by atoms with Gasteiger partial charge in [-0.3, -0.25) is 4.79 Å². The van der Waals surface area contributed by atoms with Crippen molar-refractivity contribution in [2.24, 2.45) is 0 Å². The molecule has 2 atom stereocenters. The van der Waals surface area contributed by atoms with Gasteiger partial charge >= 0.3 is 5.97 Å². The topological polar surface area (TPSA) is 77.8 Å². The summed E-state index contributed by atoms with van der Waals surface area (Å²) in [5.74, 6) is -0.543. The lowest BCUT2D eigenvalue weighted by Gasteiger charge is -2.42.